The summed E-state index contributed by atoms with van der Waals surface area (Å²) in [6.07, 6.45) is 0. The van der Waals surface area contributed by atoms with E-state index in [0.717, 1.165) is 0 Å². The molecule has 11 aromatic carbocycles. The van der Waals surface area contributed by atoms with Crippen LogP contribution in [0.4, 0.5) is 0 Å². The second-order valence-electron chi connectivity index (χ2n) is 13.9. The van der Waals surface area contributed by atoms with Crippen molar-refractivity contribution in [3.8, 4) is 44.5 Å². The average Bonchev–Trinajstić information content (AvgIpc) is 3.22. The Balaban J connectivity index is 1.31. The quantitative estimate of drug-likeness (QED) is 0.131. The normalized spacial score (nSPS) is 11.8. The SMILES string of the molecule is c1ccc(-c2ccc(-c3c4ccccc4c4c5c3cccc5c3cccc5c(-c6ccccc6-c6ccccc6)c6ccccc6c4c53)cc2)cc1. The van der Waals surface area contributed by atoms with Gasteiger partial charge in [-0.2, -0.15) is 0 Å². The first-order chi connectivity index (χ1) is 25.8. The van der Waals surface area contributed by atoms with E-state index in [1.54, 1.807) is 0 Å². The summed E-state index contributed by atoms with van der Waals surface area (Å²) >= 11 is 0. The van der Waals surface area contributed by atoms with E-state index in [0.29, 0.717) is 0 Å². The summed E-state index contributed by atoms with van der Waals surface area (Å²) in [6.45, 7) is 0. The van der Waals surface area contributed by atoms with Gasteiger partial charge in [0.05, 0.1) is 0 Å². The second kappa shape index (κ2) is 11.4. The van der Waals surface area contributed by atoms with Crippen LogP contribution in [0, 0.1) is 0 Å². The van der Waals surface area contributed by atoms with E-state index in [4.69, 9.17) is 0 Å². The third-order valence-corrected chi connectivity index (χ3v) is 11.2. The van der Waals surface area contributed by atoms with Crippen LogP contribution in [0.3, 0.4) is 0 Å². The lowest BCUT2D eigenvalue weighted by Gasteiger charge is -2.23. The Morgan fingerprint density at radius 3 is 1.13 bits per heavy atom. The Morgan fingerprint density at radius 2 is 0.538 bits per heavy atom. The smallest absolute Gasteiger partial charge is 0.000740 e. The molecule has 0 aromatic heterocycles. The van der Waals surface area contributed by atoms with E-state index in [-0.39, 0.29) is 0 Å². The van der Waals surface area contributed by atoms with Crippen molar-refractivity contribution >= 4 is 64.6 Å². The maximum atomic E-state index is 2.35. The number of fused-ring (bicyclic) bond motifs is 6. The van der Waals surface area contributed by atoms with Crippen molar-refractivity contribution in [2.75, 3.05) is 0 Å². The molecule has 0 radical (unpaired) electrons. The van der Waals surface area contributed by atoms with Crippen LogP contribution in [0.2, 0.25) is 0 Å². The van der Waals surface area contributed by atoms with Crippen molar-refractivity contribution in [3.05, 3.63) is 194 Å². The maximum Gasteiger partial charge on any atom is -0.000740 e. The Labute approximate surface area is 302 Å². The number of benzene rings is 11. The Morgan fingerprint density at radius 1 is 0.173 bits per heavy atom. The van der Waals surface area contributed by atoms with Gasteiger partial charge >= 0.3 is 0 Å². The van der Waals surface area contributed by atoms with Crippen molar-refractivity contribution in [3.63, 3.8) is 0 Å². The summed E-state index contributed by atoms with van der Waals surface area (Å²) in [6, 6.07) is 71.6. The molecule has 0 atom stereocenters. The molecular weight excluding hydrogens is 625 g/mol. The van der Waals surface area contributed by atoms with Crippen LogP contribution in [0.5, 0.6) is 0 Å². The van der Waals surface area contributed by atoms with Crippen LogP contribution < -0.4 is 0 Å². The molecular formula is C52H32. The first-order valence-corrected chi connectivity index (χ1v) is 18.1. The lowest BCUT2D eigenvalue weighted by molar-refractivity contribution is 1.61. The van der Waals surface area contributed by atoms with Gasteiger partial charge in [0.15, 0.2) is 0 Å². The Kier molecular flexibility index (Phi) is 6.35. The monoisotopic (exact) mass is 656 g/mol. The lowest BCUT2D eigenvalue weighted by Crippen LogP contribution is -1.95. The number of hydrogen-bond acceptors (Lipinski definition) is 0. The third-order valence-electron chi connectivity index (χ3n) is 11.2. The van der Waals surface area contributed by atoms with Crippen molar-refractivity contribution < 1.29 is 0 Å². The summed E-state index contributed by atoms with van der Waals surface area (Å²) < 4.78 is 0. The van der Waals surface area contributed by atoms with Crippen LogP contribution in [0.25, 0.3) is 109 Å². The molecule has 240 valence electrons. The molecule has 0 aliphatic carbocycles. The molecule has 0 saturated heterocycles. The van der Waals surface area contributed by atoms with Gasteiger partial charge in [-0.3, -0.25) is 0 Å². The first-order valence-electron chi connectivity index (χ1n) is 18.1. The van der Waals surface area contributed by atoms with Gasteiger partial charge in [-0.15, -0.1) is 0 Å². The van der Waals surface area contributed by atoms with E-state index >= 15 is 0 Å². The highest BCUT2D eigenvalue weighted by molar-refractivity contribution is 6.45. The minimum Gasteiger partial charge on any atom is -0.0622 e. The molecule has 0 amide bonds. The van der Waals surface area contributed by atoms with Crippen molar-refractivity contribution in [1.29, 1.82) is 0 Å². The van der Waals surface area contributed by atoms with Gasteiger partial charge in [-0.05, 0) is 109 Å². The van der Waals surface area contributed by atoms with Crippen LogP contribution in [0.1, 0.15) is 0 Å². The molecule has 0 aliphatic rings. The van der Waals surface area contributed by atoms with Gasteiger partial charge in [0, 0.05) is 0 Å². The van der Waals surface area contributed by atoms with Crippen molar-refractivity contribution in [2.45, 2.75) is 0 Å². The van der Waals surface area contributed by atoms with E-state index in [2.05, 4.69) is 194 Å². The van der Waals surface area contributed by atoms with E-state index in [9.17, 15) is 0 Å². The second-order valence-corrected chi connectivity index (χ2v) is 13.9. The predicted octanol–water partition coefficient (Wildman–Crippen LogP) is 14.7. The Hall–Kier alpha value is -6.76. The number of rotatable bonds is 4. The summed E-state index contributed by atoms with van der Waals surface area (Å²) in [5.74, 6) is 0. The van der Waals surface area contributed by atoms with Gasteiger partial charge in [0.2, 0.25) is 0 Å². The highest BCUT2D eigenvalue weighted by Gasteiger charge is 2.24. The molecule has 0 saturated carbocycles. The van der Waals surface area contributed by atoms with Gasteiger partial charge in [-0.25, -0.2) is 0 Å². The lowest BCUT2D eigenvalue weighted by atomic mass is 9.79. The molecule has 0 N–H and O–H groups in total. The van der Waals surface area contributed by atoms with Gasteiger partial charge in [0.1, 0.15) is 0 Å². The molecule has 11 rings (SSSR count). The zero-order valence-corrected chi connectivity index (χ0v) is 28.5. The minimum absolute atomic E-state index is 1.23. The van der Waals surface area contributed by atoms with Crippen LogP contribution in [0.15, 0.2) is 194 Å². The highest BCUT2D eigenvalue weighted by atomic mass is 14.3. The van der Waals surface area contributed by atoms with Crippen molar-refractivity contribution in [1.82, 2.24) is 0 Å². The molecule has 0 unspecified atom stereocenters. The molecule has 0 nitrogen and oxygen atoms in total. The van der Waals surface area contributed by atoms with Crippen LogP contribution in [-0.4, -0.2) is 0 Å². The first kappa shape index (κ1) is 29.0. The molecule has 52 heavy (non-hydrogen) atoms. The highest BCUT2D eigenvalue weighted by Crippen LogP contribution is 2.52. The molecule has 0 heterocycles. The van der Waals surface area contributed by atoms with Gasteiger partial charge in [-0.1, -0.05) is 194 Å². The fourth-order valence-electron chi connectivity index (χ4n) is 9.06. The standard InChI is InChI=1S/C52H32/c1-3-15-33(16-4-1)34-29-31-36(32-30-34)47-39-21-9-11-23-43(39)51-49-41(25-13-27-45(47)49)42-26-14-28-46-48(40-22-10-12-24-44(40)52(51)50(42)46)38-20-8-7-19-37(38)35-17-5-2-6-18-35/h1-32H. The zero-order chi connectivity index (χ0) is 34.2. The fraction of sp³-hybridized carbons (Fsp3) is 0. The third kappa shape index (κ3) is 4.16. The summed E-state index contributed by atoms with van der Waals surface area (Å²) in [4.78, 5) is 0. The zero-order valence-electron chi connectivity index (χ0n) is 28.5. The summed E-state index contributed by atoms with van der Waals surface area (Å²) in [5.41, 5.74) is 10.0. The van der Waals surface area contributed by atoms with Crippen molar-refractivity contribution in [2.24, 2.45) is 0 Å². The fourth-order valence-corrected chi connectivity index (χ4v) is 9.06. The number of hydrogen-bond donors (Lipinski definition) is 0. The minimum atomic E-state index is 1.23. The Bertz CT molecular complexity index is 3130. The van der Waals surface area contributed by atoms with Gasteiger partial charge < -0.3 is 0 Å². The largest absolute Gasteiger partial charge is 0.0622 e. The molecule has 0 heteroatoms. The van der Waals surface area contributed by atoms with E-state index < -0.39 is 0 Å². The van der Waals surface area contributed by atoms with Crippen LogP contribution in [-0.2, 0) is 0 Å². The predicted molar refractivity (Wildman–Crippen MR) is 224 cm³/mol. The van der Waals surface area contributed by atoms with E-state index in [1.165, 1.54) is 109 Å². The molecule has 11 aromatic rings. The molecule has 0 bridgehead atoms. The van der Waals surface area contributed by atoms with Crippen LogP contribution >= 0.6 is 0 Å². The van der Waals surface area contributed by atoms with E-state index in [1.807, 2.05) is 0 Å². The maximum absolute atomic E-state index is 2.35. The summed E-state index contributed by atoms with van der Waals surface area (Å²) in [5, 5.41) is 15.7. The topological polar surface area (TPSA) is 0 Å². The molecule has 0 aliphatic heterocycles. The summed E-state index contributed by atoms with van der Waals surface area (Å²) in [7, 11) is 0. The van der Waals surface area contributed by atoms with Gasteiger partial charge in [0.25, 0.3) is 0 Å². The average molecular weight is 657 g/mol. The molecule has 0 fully saturated rings. The molecule has 0 spiro atoms.